The zero-order valence-corrected chi connectivity index (χ0v) is 17.9. The van der Waals surface area contributed by atoms with E-state index < -0.39 is 31.1 Å². The summed E-state index contributed by atoms with van der Waals surface area (Å²) >= 11 is 24.4. The summed E-state index contributed by atoms with van der Waals surface area (Å²) in [5.41, 5.74) is -1.33. The molecule has 9 heteroatoms. The Bertz CT molecular complexity index is 797. The van der Waals surface area contributed by atoms with Gasteiger partial charge in [0.15, 0.2) is 11.0 Å². The molecule has 0 aliphatic carbocycles. The van der Waals surface area contributed by atoms with Crippen LogP contribution >= 0.6 is 54.3 Å². The summed E-state index contributed by atoms with van der Waals surface area (Å²) < 4.78 is 4.91. The van der Waals surface area contributed by atoms with Gasteiger partial charge in [0.1, 0.15) is 0 Å². The van der Waals surface area contributed by atoms with Crippen molar-refractivity contribution in [2.24, 2.45) is 0 Å². The van der Waals surface area contributed by atoms with Crippen LogP contribution in [0, 0.1) is 0 Å². The Kier molecular flexibility index (Phi) is 8.08. The van der Waals surface area contributed by atoms with Crippen molar-refractivity contribution in [1.82, 2.24) is 0 Å². The second kappa shape index (κ2) is 9.86. The van der Waals surface area contributed by atoms with Crippen LogP contribution in [-0.4, -0.2) is 29.8 Å². The molecule has 0 N–H and O–H groups in total. The SMILES string of the molecule is CCOC(=O)CP(C(=O)c1c(Cl)cccc1Cl)C(=O)c1c(Cl)cccc1Cl. The van der Waals surface area contributed by atoms with Crippen LogP contribution in [0.25, 0.3) is 0 Å². The van der Waals surface area contributed by atoms with Gasteiger partial charge in [-0.05, 0) is 31.2 Å². The molecule has 2 aromatic rings. The Balaban J connectivity index is 2.53. The summed E-state index contributed by atoms with van der Waals surface area (Å²) in [4.78, 5) is 38.2. The van der Waals surface area contributed by atoms with Gasteiger partial charge in [0, 0.05) is 0 Å². The number of ether oxygens (including phenoxy) is 1. The molecular formula is C18H13Cl4O4P. The van der Waals surface area contributed by atoms with Gasteiger partial charge in [-0.2, -0.15) is 0 Å². The third-order valence-electron chi connectivity index (χ3n) is 3.44. The molecule has 27 heavy (non-hydrogen) atoms. The smallest absolute Gasteiger partial charge is 0.311 e. The van der Waals surface area contributed by atoms with Gasteiger partial charge >= 0.3 is 5.97 Å². The lowest BCUT2D eigenvalue weighted by molar-refractivity contribution is -0.139. The fourth-order valence-electron chi connectivity index (χ4n) is 2.25. The second-order valence-electron chi connectivity index (χ2n) is 5.19. The number of rotatable bonds is 7. The normalized spacial score (nSPS) is 10.7. The summed E-state index contributed by atoms with van der Waals surface area (Å²) in [5.74, 6) is -0.684. The van der Waals surface area contributed by atoms with Gasteiger partial charge in [-0.1, -0.05) is 58.5 Å². The van der Waals surface area contributed by atoms with Crippen LogP contribution in [0.1, 0.15) is 27.6 Å². The van der Waals surface area contributed by atoms with Crippen LogP contribution in [0.15, 0.2) is 36.4 Å². The molecule has 0 aromatic heterocycles. The molecule has 0 aliphatic rings. The minimum Gasteiger partial charge on any atom is -0.466 e. The first-order valence-corrected chi connectivity index (χ1v) is 10.7. The first-order chi connectivity index (χ1) is 12.8. The Hall–Kier alpha value is -1.16. The van der Waals surface area contributed by atoms with Crippen molar-refractivity contribution in [3.8, 4) is 0 Å². The molecule has 0 aliphatic heterocycles. The second-order valence-corrected chi connectivity index (χ2v) is 8.81. The summed E-state index contributed by atoms with van der Waals surface area (Å²) in [7, 11) is -2.24. The third-order valence-corrected chi connectivity index (χ3v) is 6.70. The molecule has 0 amide bonds. The Morgan fingerprint density at radius 1 is 0.815 bits per heavy atom. The molecule has 0 unspecified atom stereocenters. The van der Waals surface area contributed by atoms with E-state index in [-0.39, 0.29) is 37.8 Å². The van der Waals surface area contributed by atoms with E-state index in [9.17, 15) is 14.4 Å². The van der Waals surface area contributed by atoms with Gasteiger partial charge in [0.2, 0.25) is 0 Å². The lowest BCUT2D eigenvalue weighted by Crippen LogP contribution is -2.17. The van der Waals surface area contributed by atoms with Crippen LogP contribution < -0.4 is 0 Å². The fourth-order valence-corrected chi connectivity index (χ4v) is 5.49. The largest absolute Gasteiger partial charge is 0.466 e. The quantitative estimate of drug-likeness (QED) is 0.354. The van der Waals surface area contributed by atoms with E-state index in [1.54, 1.807) is 19.1 Å². The number of halogens is 4. The van der Waals surface area contributed by atoms with Gasteiger partial charge in [-0.15, -0.1) is 0 Å². The maximum absolute atomic E-state index is 13.1. The van der Waals surface area contributed by atoms with Gasteiger partial charge in [0.25, 0.3) is 0 Å². The topological polar surface area (TPSA) is 60.4 Å². The molecule has 0 saturated carbocycles. The Labute approximate surface area is 177 Å². The first-order valence-electron chi connectivity index (χ1n) is 7.67. The van der Waals surface area contributed by atoms with Crippen molar-refractivity contribution in [2.75, 3.05) is 12.8 Å². The predicted molar refractivity (Wildman–Crippen MR) is 110 cm³/mol. The van der Waals surface area contributed by atoms with Crippen molar-refractivity contribution in [1.29, 1.82) is 0 Å². The molecule has 2 rings (SSSR count). The summed E-state index contributed by atoms with van der Waals surface area (Å²) in [6, 6.07) is 9.05. The lowest BCUT2D eigenvalue weighted by atomic mass is 10.2. The number of hydrogen-bond donors (Lipinski definition) is 0. The highest BCUT2D eigenvalue weighted by molar-refractivity contribution is 7.91. The minimum atomic E-state index is -2.24. The van der Waals surface area contributed by atoms with Crippen molar-refractivity contribution in [3.63, 3.8) is 0 Å². The minimum absolute atomic E-state index is 0.0206. The average molecular weight is 466 g/mol. The highest BCUT2D eigenvalue weighted by atomic mass is 35.5. The monoisotopic (exact) mass is 464 g/mol. The van der Waals surface area contributed by atoms with Crippen LogP contribution in [0.4, 0.5) is 0 Å². The molecular weight excluding hydrogens is 453 g/mol. The van der Waals surface area contributed by atoms with E-state index in [4.69, 9.17) is 51.1 Å². The first kappa shape index (κ1) is 22.1. The van der Waals surface area contributed by atoms with Crippen molar-refractivity contribution in [2.45, 2.75) is 6.92 Å². The van der Waals surface area contributed by atoms with E-state index in [0.717, 1.165) is 0 Å². The summed E-state index contributed by atoms with van der Waals surface area (Å²) in [6.07, 6.45) is -0.427. The third kappa shape index (κ3) is 5.22. The standard InChI is InChI=1S/C18H13Cl4O4P/c1-2-26-14(23)9-27(17(24)15-10(19)5-3-6-11(15)20)18(25)16-12(21)7-4-8-13(16)22/h3-8H,2,9H2,1H3. The number of hydrogen-bond acceptors (Lipinski definition) is 4. The highest BCUT2D eigenvalue weighted by Gasteiger charge is 2.35. The van der Waals surface area contributed by atoms with E-state index in [1.165, 1.54) is 24.3 Å². The molecule has 0 atom stereocenters. The fraction of sp³-hybridized carbons (Fsp3) is 0.167. The maximum atomic E-state index is 13.1. The molecule has 0 bridgehead atoms. The van der Waals surface area contributed by atoms with Crippen molar-refractivity contribution >= 4 is 71.3 Å². The van der Waals surface area contributed by atoms with E-state index >= 15 is 0 Å². The Morgan fingerprint density at radius 3 is 1.52 bits per heavy atom. The zero-order valence-electron chi connectivity index (χ0n) is 14.0. The number of esters is 1. The molecule has 0 radical (unpaired) electrons. The van der Waals surface area contributed by atoms with Gasteiger partial charge < -0.3 is 4.74 Å². The van der Waals surface area contributed by atoms with Crippen molar-refractivity contribution in [3.05, 3.63) is 67.6 Å². The van der Waals surface area contributed by atoms with Gasteiger partial charge in [-0.25, -0.2) is 0 Å². The number of carbonyl (C=O) groups is 3. The molecule has 0 spiro atoms. The molecule has 4 nitrogen and oxygen atoms in total. The highest BCUT2D eigenvalue weighted by Crippen LogP contribution is 2.48. The predicted octanol–water partition coefficient (Wildman–Crippen LogP) is 6.33. The van der Waals surface area contributed by atoms with E-state index in [1.807, 2.05) is 0 Å². The molecule has 0 saturated heterocycles. The molecule has 0 fully saturated rings. The molecule has 2 aromatic carbocycles. The lowest BCUT2D eigenvalue weighted by Gasteiger charge is -2.17. The van der Waals surface area contributed by atoms with E-state index in [0.29, 0.717) is 0 Å². The summed E-state index contributed by atoms with van der Waals surface area (Å²) in [6.45, 7) is 1.74. The van der Waals surface area contributed by atoms with Crippen LogP contribution in [0.5, 0.6) is 0 Å². The van der Waals surface area contributed by atoms with Gasteiger partial charge in [-0.3, -0.25) is 14.4 Å². The van der Waals surface area contributed by atoms with Crippen LogP contribution in [0.2, 0.25) is 20.1 Å². The van der Waals surface area contributed by atoms with Crippen molar-refractivity contribution < 1.29 is 19.1 Å². The van der Waals surface area contributed by atoms with Crippen LogP contribution in [-0.2, 0) is 9.53 Å². The molecule has 0 heterocycles. The Morgan fingerprint density at radius 2 is 1.19 bits per heavy atom. The van der Waals surface area contributed by atoms with Crippen LogP contribution in [0.3, 0.4) is 0 Å². The molecule has 142 valence electrons. The maximum Gasteiger partial charge on any atom is 0.311 e. The van der Waals surface area contributed by atoms with Gasteiger partial charge in [0.05, 0.1) is 51.9 Å². The van der Waals surface area contributed by atoms with E-state index in [2.05, 4.69) is 0 Å². The summed E-state index contributed by atoms with van der Waals surface area (Å²) in [5, 5.41) is 0.340. The number of benzene rings is 2. The zero-order chi connectivity index (χ0) is 20.1. The average Bonchev–Trinajstić information content (AvgIpc) is 2.59. The number of carbonyl (C=O) groups excluding carboxylic acids is 3.